The summed E-state index contributed by atoms with van der Waals surface area (Å²) in [6.45, 7) is 7.34. The number of aromatic nitrogens is 2. The van der Waals surface area contributed by atoms with Crippen LogP contribution in [0.3, 0.4) is 0 Å². The van der Waals surface area contributed by atoms with Gasteiger partial charge < -0.3 is 16.0 Å². The van der Waals surface area contributed by atoms with Crippen LogP contribution in [0.25, 0.3) is 0 Å². The van der Waals surface area contributed by atoms with Gasteiger partial charge in [0.15, 0.2) is 5.96 Å². The van der Waals surface area contributed by atoms with E-state index in [1.807, 2.05) is 49.8 Å². The molecule has 0 aliphatic heterocycles. The highest BCUT2D eigenvalue weighted by Gasteiger charge is 2.10. The van der Waals surface area contributed by atoms with Crippen molar-refractivity contribution in [3.63, 3.8) is 0 Å². The van der Waals surface area contributed by atoms with Crippen molar-refractivity contribution in [2.45, 2.75) is 46.7 Å². The average molecular weight is 371 g/mol. The maximum Gasteiger partial charge on any atom is 0.224 e. The van der Waals surface area contributed by atoms with Crippen molar-refractivity contribution in [2.24, 2.45) is 12.0 Å². The van der Waals surface area contributed by atoms with Crippen molar-refractivity contribution in [1.29, 1.82) is 0 Å². The van der Waals surface area contributed by atoms with Gasteiger partial charge in [-0.05, 0) is 38.0 Å². The molecule has 0 fully saturated rings. The lowest BCUT2D eigenvalue weighted by Crippen LogP contribution is -2.36. The van der Waals surface area contributed by atoms with Crippen LogP contribution in [-0.4, -0.2) is 28.7 Å². The molecule has 0 saturated heterocycles. The number of nitrogens with zero attached hydrogens (tertiary/aromatic N) is 3. The molecule has 2 aromatic rings. The lowest BCUT2D eigenvalue weighted by atomic mass is 10.2. The molecule has 0 aliphatic carbocycles. The summed E-state index contributed by atoms with van der Waals surface area (Å²) in [5.41, 5.74) is 5.24. The summed E-state index contributed by atoms with van der Waals surface area (Å²) < 4.78 is 1.89. The predicted octanol–water partition coefficient (Wildman–Crippen LogP) is 2.64. The van der Waals surface area contributed by atoms with E-state index in [2.05, 4.69) is 33.0 Å². The van der Waals surface area contributed by atoms with E-state index in [0.29, 0.717) is 19.5 Å². The third-order valence-electron chi connectivity index (χ3n) is 4.46. The molecule has 1 amide bonds. The summed E-state index contributed by atoms with van der Waals surface area (Å²) in [6, 6.07) is 7.84. The molecule has 0 unspecified atom stereocenters. The molecule has 0 bridgehead atoms. The van der Waals surface area contributed by atoms with E-state index in [9.17, 15) is 4.79 Å². The maximum absolute atomic E-state index is 11.8. The smallest absolute Gasteiger partial charge is 0.224 e. The number of carbonyl (C=O) groups excluding carboxylic acids is 1. The maximum atomic E-state index is 11.8. The van der Waals surface area contributed by atoms with Crippen molar-refractivity contribution < 1.29 is 4.79 Å². The monoisotopic (exact) mass is 370 g/mol. The molecular weight excluding hydrogens is 340 g/mol. The summed E-state index contributed by atoms with van der Waals surface area (Å²) in [5.74, 6) is 0.764. The molecule has 7 heteroatoms. The van der Waals surface area contributed by atoms with E-state index < -0.39 is 0 Å². The summed E-state index contributed by atoms with van der Waals surface area (Å²) in [5, 5.41) is 14.0. The van der Waals surface area contributed by atoms with Crippen LogP contribution in [0.5, 0.6) is 0 Å². The average Bonchev–Trinajstić information content (AvgIpc) is 2.88. The Hall–Kier alpha value is -2.83. The van der Waals surface area contributed by atoms with E-state index in [0.717, 1.165) is 35.0 Å². The van der Waals surface area contributed by atoms with Crippen molar-refractivity contribution >= 4 is 17.6 Å². The Bertz CT molecular complexity index is 809. The van der Waals surface area contributed by atoms with E-state index >= 15 is 0 Å². The van der Waals surface area contributed by atoms with Gasteiger partial charge >= 0.3 is 0 Å². The zero-order valence-corrected chi connectivity index (χ0v) is 16.9. The minimum atomic E-state index is 0.0438. The number of carbonyl (C=O) groups is 1. The number of rotatable bonds is 7. The molecular formula is C20H30N6O. The van der Waals surface area contributed by atoms with E-state index in [4.69, 9.17) is 0 Å². The molecule has 0 spiro atoms. The zero-order valence-electron chi connectivity index (χ0n) is 16.9. The third-order valence-corrected chi connectivity index (χ3v) is 4.46. The predicted molar refractivity (Wildman–Crippen MR) is 110 cm³/mol. The van der Waals surface area contributed by atoms with E-state index in [1.54, 1.807) is 7.05 Å². The number of aryl methyl sites for hydroxylation is 2. The first-order valence-electron chi connectivity index (χ1n) is 9.27. The van der Waals surface area contributed by atoms with Gasteiger partial charge in [-0.2, -0.15) is 5.10 Å². The fourth-order valence-corrected chi connectivity index (χ4v) is 2.86. The first-order valence-corrected chi connectivity index (χ1v) is 9.27. The Balaban J connectivity index is 1.91. The number of hydrogen-bond donors (Lipinski definition) is 3. The number of anilines is 1. The Morgan fingerprint density at radius 2 is 1.96 bits per heavy atom. The standard InChI is InChI=1S/C20H30N6O/c1-6-8-19(27)24-17-10-7-9-16(11-17)12-22-20(21-4)23-13-18-14(2)25-26(5)15(18)3/h7,9-11H,6,8,12-13H2,1-5H3,(H,24,27)(H2,21,22,23). The second-order valence-corrected chi connectivity index (χ2v) is 6.55. The lowest BCUT2D eigenvalue weighted by Gasteiger charge is -2.13. The summed E-state index contributed by atoms with van der Waals surface area (Å²) in [4.78, 5) is 16.0. The second-order valence-electron chi connectivity index (χ2n) is 6.55. The van der Waals surface area contributed by atoms with Gasteiger partial charge in [-0.15, -0.1) is 0 Å². The molecule has 1 aromatic heterocycles. The van der Waals surface area contributed by atoms with Crippen LogP contribution >= 0.6 is 0 Å². The Kier molecular flexibility index (Phi) is 7.40. The number of amides is 1. The van der Waals surface area contributed by atoms with Gasteiger partial charge in [0.25, 0.3) is 0 Å². The molecule has 0 atom stereocenters. The van der Waals surface area contributed by atoms with Gasteiger partial charge in [-0.25, -0.2) is 0 Å². The number of nitrogens with one attached hydrogen (secondary N) is 3. The molecule has 0 saturated carbocycles. The first kappa shape index (κ1) is 20.5. The molecule has 1 heterocycles. The molecule has 3 N–H and O–H groups in total. The number of hydrogen-bond acceptors (Lipinski definition) is 3. The quantitative estimate of drug-likeness (QED) is 0.517. The largest absolute Gasteiger partial charge is 0.352 e. The van der Waals surface area contributed by atoms with Crippen molar-refractivity contribution in [1.82, 2.24) is 20.4 Å². The summed E-state index contributed by atoms with van der Waals surface area (Å²) in [6.07, 6.45) is 1.37. The normalized spacial score (nSPS) is 11.4. The fraction of sp³-hybridized carbons (Fsp3) is 0.450. The Morgan fingerprint density at radius 3 is 2.59 bits per heavy atom. The number of aliphatic imine (C=N–C) groups is 1. The van der Waals surface area contributed by atoms with Gasteiger partial charge in [-0.3, -0.25) is 14.5 Å². The highest BCUT2D eigenvalue weighted by molar-refractivity contribution is 5.90. The van der Waals surface area contributed by atoms with Crippen LogP contribution in [0, 0.1) is 13.8 Å². The molecule has 27 heavy (non-hydrogen) atoms. The lowest BCUT2D eigenvalue weighted by molar-refractivity contribution is -0.116. The summed E-state index contributed by atoms with van der Waals surface area (Å²) >= 11 is 0. The zero-order chi connectivity index (χ0) is 19.8. The van der Waals surface area contributed by atoms with Crippen LogP contribution in [0.4, 0.5) is 5.69 Å². The van der Waals surface area contributed by atoms with Crippen LogP contribution in [0.1, 0.15) is 42.3 Å². The molecule has 0 radical (unpaired) electrons. The van der Waals surface area contributed by atoms with Gasteiger partial charge in [-0.1, -0.05) is 19.1 Å². The molecule has 146 valence electrons. The second kappa shape index (κ2) is 9.75. The molecule has 2 rings (SSSR count). The van der Waals surface area contributed by atoms with Crippen LogP contribution in [0.2, 0.25) is 0 Å². The highest BCUT2D eigenvalue weighted by atomic mass is 16.1. The van der Waals surface area contributed by atoms with Gasteiger partial charge in [0.1, 0.15) is 0 Å². The molecule has 7 nitrogen and oxygen atoms in total. The SMILES string of the molecule is CCCC(=O)Nc1cccc(CNC(=NC)NCc2c(C)nn(C)c2C)c1. The molecule has 1 aromatic carbocycles. The Labute approximate surface area is 161 Å². The topological polar surface area (TPSA) is 83.3 Å². The van der Waals surface area contributed by atoms with Crippen molar-refractivity contribution in [3.8, 4) is 0 Å². The van der Waals surface area contributed by atoms with Gasteiger partial charge in [0.05, 0.1) is 5.69 Å². The van der Waals surface area contributed by atoms with E-state index in [1.165, 1.54) is 5.56 Å². The number of benzene rings is 1. The van der Waals surface area contributed by atoms with Gasteiger partial charge in [0.2, 0.25) is 5.91 Å². The van der Waals surface area contributed by atoms with Crippen molar-refractivity contribution in [2.75, 3.05) is 12.4 Å². The fourth-order valence-electron chi connectivity index (χ4n) is 2.86. The van der Waals surface area contributed by atoms with E-state index in [-0.39, 0.29) is 5.91 Å². The first-order chi connectivity index (χ1) is 12.9. The minimum absolute atomic E-state index is 0.0438. The summed E-state index contributed by atoms with van der Waals surface area (Å²) in [7, 11) is 3.70. The highest BCUT2D eigenvalue weighted by Crippen LogP contribution is 2.12. The van der Waals surface area contributed by atoms with Crippen molar-refractivity contribution in [3.05, 3.63) is 46.8 Å². The van der Waals surface area contributed by atoms with Crippen LogP contribution in [0.15, 0.2) is 29.3 Å². The van der Waals surface area contributed by atoms with Crippen LogP contribution < -0.4 is 16.0 Å². The third kappa shape index (κ3) is 5.84. The van der Waals surface area contributed by atoms with Gasteiger partial charge in [0, 0.05) is 50.6 Å². The van der Waals surface area contributed by atoms with Crippen LogP contribution in [-0.2, 0) is 24.9 Å². The molecule has 0 aliphatic rings. The number of guanidine groups is 1. The Morgan fingerprint density at radius 1 is 1.22 bits per heavy atom. The minimum Gasteiger partial charge on any atom is -0.352 e.